The second kappa shape index (κ2) is 5.50. The van der Waals surface area contributed by atoms with Crippen molar-refractivity contribution in [2.24, 2.45) is 0 Å². The van der Waals surface area contributed by atoms with Gasteiger partial charge in [-0.15, -0.1) is 0 Å². The second-order valence-electron chi connectivity index (χ2n) is 2.94. The minimum Gasteiger partial charge on any atom is -0.0843 e. The molecule has 2 rings (SSSR count). The van der Waals surface area contributed by atoms with Crippen LogP contribution in [-0.4, -0.2) is 0 Å². The zero-order chi connectivity index (χ0) is 10.5. The third-order valence-corrected chi connectivity index (χ3v) is 4.41. The topological polar surface area (TPSA) is 0 Å². The number of hydrogen-bond acceptors (Lipinski definition) is 2. The Morgan fingerprint density at radius 3 is 2.13 bits per heavy atom. The van der Waals surface area contributed by atoms with Crippen molar-refractivity contribution >= 4 is 33.2 Å². The predicted molar refractivity (Wildman–Crippen MR) is 69.6 cm³/mol. The van der Waals surface area contributed by atoms with E-state index in [0.29, 0.717) is 0 Å². The van der Waals surface area contributed by atoms with Crippen LogP contribution in [0.5, 0.6) is 0 Å². The van der Waals surface area contributed by atoms with Gasteiger partial charge in [0, 0.05) is 14.8 Å². The van der Waals surface area contributed by atoms with Crippen LogP contribution in [0.3, 0.4) is 0 Å². The highest BCUT2D eigenvalue weighted by molar-refractivity contribution is 8.76. The van der Waals surface area contributed by atoms with Gasteiger partial charge in [0.05, 0.1) is 0 Å². The van der Waals surface area contributed by atoms with Crippen LogP contribution in [0.15, 0.2) is 64.4 Å². The van der Waals surface area contributed by atoms with E-state index in [1.54, 1.807) is 21.6 Å². The van der Waals surface area contributed by atoms with Gasteiger partial charge in [0.2, 0.25) is 0 Å². The lowest BCUT2D eigenvalue weighted by molar-refractivity contribution is 1.47. The summed E-state index contributed by atoms with van der Waals surface area (Å²) in [5.41, 5.74) is 0. The van der Waals surface area contributed by atoms with Crippen LogP contribution in [0.25, 0.3) is 0 Å². The van der Waals surface area contributed by atoms with Crippen molar-refractivity contribution in [1.82, 2.24) is 0 Å². The van der Waals surface area contributed by atoms with E-state index in [4.69, 9.17) is 11.6 Å². The summed E-state index contributed by atoms with van der Waals surface area (Å²) in [5, 5.41) is 0.786. The highest BCUT2D eigenvalue weighted by Gasteiger charge is 1.97. The summed E-state index contributed by atoms with van der Waals surface area (Å²) in [6.07, 6.45) is 0. The van der Waals surface area contributed by atoms with E-state index in [2.05, 4.69) is 18.2 Å². The Morgan fingerprint density at radius 1 is 0.733 bits per heavy atom. The lowest BCUT2D eigenvalue weighted by atomic mass is 10.4. The predicted octanol–water partition coefficient (Wildman–Crippen LogP) is 5.14. The molecule has 2 aromatic rings. The molecule has 0 bridgehead atoms. The number of rotatable bonds is 3. The average molecular weight is 253 g/mol. The molecule has 0 aromatic heterocycles. The van der Waals surface area contributed by atoms with Gasteiger partial charge < -0.3 is 0 Å². The highest BCUT2D eigenvalue weighted by Crippen LogP contribution is 2.37. The van der Waals surface area contributed by atoms with Crippen LogP contribution in [0, 0.1) is 0 Å². The van der Waals surface area contributed by atoms with Gasteiger partial charge in [-0.1, -0.05) is 57.5 Å². The van der Waals surface area contributed by atoms with Gasteiger partial charge in [-0.05, 0) is 30.3 Å². The Kier molecular flexibility index (Phi) is 4.01. The third kappa shape index (κ3) is 3.49. The molecule has 0 aliphatic heterocycles. The number of benzene rings is 2. The normalized spacial score (nSPS) is 10.2. The van der Waals surface area contributed by atoms with Crippen LogP contribution >= 0.6 is 33.2 Å². The van der Waals surface area contributed by atoms with Crippen LogP contribution in [0.2, 0.25) is 5.02 Å². The van der Waals surface area contributed by atoms with E-state index in [-0.39, 0.29) is 0 Å². The smallest absolute Gasteiger partial charge is 0.0417 e. The largest absolute Gasteiger partial charge is 0.0843 e. The molecule has 76 valence electrons. The Labute approximate surface area is 102 Å². The molecule has 15 heavy (non-hydrogen) atoms. The van der Waals surface area contributed by atoms with Gasteiger partial charge >= 0.3 is 0 Å². The van der Waals surface area contributed by atoms with Gasteiger partial charge in [-0.25, -0.2) is 0 Å². The maximum Gasteiger partial charge on any atom is 0.0417 e. The van der Waals surface area contributed by atoms with Crippen molar-refractivity contribution in [2.75, 3.05) is 0 Å². The van der Waals surface area contributed by atoms with Gasteiger partial charge in [0.15, 0.2) is 0 Å². The van der Waals surface area contributed by atoms with Crippen molar-refractivity contribution in [1.29, 1.82) is 0 Å². The first kappa shape index (κ1) is 10.9. The fraction of sp³-hybridized carbons (Fsp3) is 0. The van der Waals surface area contributed by atoms with Crippen molar-refractivity contribution in [3.8, 4) is 0 Å². The van der Waals surface area contributed by atoms with Crippen molar-refractivity contribution in [3.05, 3.63) is 59.6 Å². The Balaban J connectivity index is 1.99. The highest BCUT2D eigenvalue weighted by atomic mass is 35.5. The minimum atomic E-state index is 0.786. The van der Waals surface area contributed by atoms with E-state index in [9.17, 15) is 0 Å². The SMILES string of the molecule is Clc1cccc(SSc2ccccc2)c1. The first-order valence-corrected chi connectivity index (χ1v) is 7.02. The lowest BCUT2D eigenvalue weighted by Gasteiger charge is -2.00. The van der Waals surface area contributed by atoms with Crippen LogP contribution in [0.4, 0.5) is 0 Å². The molecule has 0 unspecified atom stereocenters. The average Bonchev–Trinajstić information content (AvgIpc) is 2.28. The third-order valence-electron chi connectivity index (χ3n) is 1.77. The summed E-state index contributed by atoms with van der Waals surface area (Å²) < 4.78 is 0. The number of hydrogen-bond donors (Lipinski definition) is 0. The molecule has 0 N–H and O–H groups in total. The summed E-state index contributed by atoms with van der Waals surface area (Å²) >= 11 is 5.90. The van der Waals surface area contributed by atoms with Gasteiger partial charge in [-0.2, -0.15) is 0 Å². The molecule has 0 nitrogen and oxygen atoms in total. The fourth-order valence-corrected chi connectivity index (χ4v) is 3.34. The number of halogens is 1. The van der Waals surface area contributed by atoms with Crippen molar-refractivity contribution in [3.63, 3.8) is 0 Å². The molecule has 0 radical (unpaired) electrons. The van der Waals surface area contributed by atoms with Crippen LogP contribution < -0.4 is 0 Å². The van der Waals surface area contributed by atoms with E-state index in [0.717, 1.165) is 5.02 Å². The monoisotopic (exact) mass is 252 g/mol. The Bertz CT molecular complexity index is 429. The standard InChI is InChI=1S/C12H9ClS2/c13-10-5-4-8-12(9-10)15-14-11-6-2-1-3-7-11/h1-9H. The van der Waals surface area contributed by atoms with Crippen molar-refractivity contribution < 1.29 is 0 Å². The Morgan fingerprint density at radius 2 is 1.40 bits per heavy atom. The van der Waals surface area contributed by atoms with Gasteiger partial charge in [0.1, 0.15) is 0 Å². The van der Waals surface area contributed by atoms with E-state index >= 15 is 0 Å². The Hall–Kier alpha value is -0.570. The van der Waals surface area contributed by atoms with Crippen LogP contribution in [0.1, 0.15) is 0 Å². The van der Waals surface area contributed by atoms with Gasteiger partial charge in [0.25, 0.3) is 0 Å². The maximum absolute atomic E-state index is 5.90. The molecule has 2 aromatic carbocycles. The van der Waals surface area contributed by atoms with Crippen LogP contribution in [-0.2, 0) is 0 Å². The molecular formula is C12H9ClS2. The summed E-state index contributed by atoms with van der Waals surface area (Å²) in [7, 11) is 3.46. The molecule has 0 saturated carbocycles. The molecule has 0 fully saturated rings. The van der Waals surface area contributed by atoms with E-state index in [1.165, 1.54) is 9.79 Å². The summed E-state index contributed by atoms with van der Waals surface area (Å²) in [6.45, 7) is 0. The summed E-state index contributed by atoms with van der Waals surface area (Å²) in [4.78, 5) is 2.43. The first-order chi connectivity index (χ1) is 7.34. The zero-order valence-electron chi connectivity index (χ0n) is 7.89. The van der Waals surface area contributed by atoms with Crippen molar-refractivity contribution in [2.45, 2.75) is 9.79 Å². The lowest BCUT2D eigenvalue weighted by Crippen LogP contribution is -1.69. The van der Waals surface area contributed by atoms with E-state index in [1.807, 2.05) is 36.4 Å². The molecule has 0 saturated heterocycles. The quantitative estimate of drug-likeness (QED) is 0.694. The van der Waals surface area contributed by atoms with Gasteiger partial charge in [-0.3, -0.25) is 0 Å². The maximum atomic E-state index is 5.90. The molecular weight excluding hydrogens is 244 g/mol. The molecule has 0 atom stereocenters. The molecule has 3 heteroatoms. The fourth-order valence-electron chi connectivity index (χ4n) is 1.09. The summed E-state index contributed by atoms with van der Waals surface area (Å²) in [6, 6.07) is 18.2. The summed E-state index contributed by atoms with van der Waals surface area (Å²) in [5.74, 6) is 0. The second-order valence-corrected chi connectivity index (χ2v) is 5.65. The molecule has 0 aliphatic carbocycles. The molecule has 0 spiro atoms. The first-order valence-electron chi connectivity index (χ1n) is 4.50. The zero-order valence-corrected chi connectivity index (χ0v) is 10.3. The molecule has 0 amide bonds. The molecule has 0 heterocycles. The molecule has 0 aliphatic rings. The minimum absolute atomic E-state index is 0.786. The van der Waals surface area contributed by atoms with E-state index < -0.39 is 0 Å².